The van der Waals surface area contributed by atoms with Gasteiger partial charge in [-0.3, -0.25) is 0 Å². The van der Waals surface area contributed by atoms with Gasteiger partial charge in [0.1, 0.15) is 0 Å². The van der Waals surface area contributed by atoms with Crippen LogP contribution in [0.2, 0.25) is 0 Å². The molecule has 0 unspecified atom stereocenters. The molecule has 17 heavy (non-hydrogen) atoms. The number of rotatable bonds is 5. The number of hydrogen-bond acceptors (Lipinski definition) is 3. The van der Waals surface area contributed by atoms with Crippen molar-refractivity contribution in [2.45, 2.75) is 27.4 Å². The van der Waals surface area contributed by atoms with Crippen molar-refractivity contribution in [1.82, 2.24) is 0 Å². The summed E-state index contributed by atoms with van der Waals surface area (Å²) < 4.78 is 16.2. The number of hydrogen-bond donors (Lipinski definition) is 0. The molecule has 1 aromatic rings. The average molecular weight is 238 g/mol. The molecule has 0 aromatic heterocycles. The van der Waals surface area contributed by atoms with Crippen LogP contribution in [-0.4, -0.2) is 20.8 Å². The van der Waals surface area contributed by atoms with Gasteiger partial charge in [0.15, 0.2) is 11.5 Å². The summed E-state index contributed by atoms with van der Waals surface area (Å²) in [7, 11) is 3.33. The highest BCUT2D eigenvalue weighted by Gasteiger charge is 2.13. The van der Waals surface area contributed by atoms with Crippen LogP contribution >= 0.6 is 0 Å². The molecule has 0 aliphatic heterocycles. The van der Waals surface area contributed by atoms with Crippen molar-refractivity contribution in [3.8, 4) is 11.5 Å². The lowest BCUT2D eigenvalue weighted by Crippen LogP contribution is -2.17. The third-order valence-electron chi connectivity index (χ3n) is 2.20. The Morgan fingerprint density at radius 2 is 1.76 bits per heavy atom. The van der Waals surface area contributed by atoms with Crippen LogP contribution in [0.25, 0.3) is 0 Å². The minimum atomic E-state index is 0.135. The highest BCUT2D eigenvalue weighted by Crippen LogP contribution is 2.29. The predicted octanol–water partition coefficient (Wildman–Crippen LogP) is 3.27. The third-order valence-corrected chi connectivity index (χ3v) is 2.20. The van der Waals surface area contributed by atoms with Crippen LogP contribution in [0, 0.1) is 5.41 Å². The van der Waals surface area contributed by atoms with Gasteiger partial charge in [0, 0.05) is 7.11 Å². The highest BCUT2D eigenvalue weighted by molar-refractivity contribution is 5.42. The van der Waals surface area contributed by atoms with E-state index in [-0.39, 0.29) is 5.41 Å². The Kier molecular flexibility index (Phi) is 4.82. The van der Waals surface area contributed by atoms with Gasteiger partial charge in [-0.1, -0.05) is 26.8 Å². The third kappa shape index (κ3) is 4.65. The summed E-state index contributed by atoms with van der Waals surface area (Å²) >= 11 is 0. The maximum absolute atomic E-state index is 5.76. The first kappa shape index (κ1) is 13.8. The fourth-order valence-electron chi connectivity index (χ4n) is 1.38. The van der Waals surface area contributed by atoms with E-state index in [2.05, 4.69) is 20.8 Å². The maximum Gasteiger partial charge on any atom is 0.161 e. The molecule has 0 saturated heterocycles. The van der Waals surface area contributed by atoms with E-state index in [1.165, 1.54) is 0 Å². The van der Waals surface area contributed by atoms with Crippen molar-refractivity contribution in [2.75, 3.05) is 20.8 Å². The Morgan fingerprint density at radius 1 is 1.06 bits per heavy atom. The molecule has 0 aliphatic carbocycles. The minimum Gasteiger partial charge on any atom is -0.493 e. The molecule has 0 fully saturated rings. The van der Waals surface area contributed by atoms with Gasteiger partial charge in [-0.05, 0) is 23.1 Å². The molecule has 96 valence electrons. The second kappa shape index (κ2) is 5.92. The highest BCUT2D eigenvalue weighted by atomic mass is 16.5. The molecule has 0 atom stereocenters. The van der Waals surface area contributed by atoms with Gasteiger partial charge < -0.3 is 14.2 Å². The van der Waals surface area contributed by atoms with Crippen LogP contribution in [0.3, 0.4) is 0 Å². The summed E-state index contributed by atoms with van der Waals surface area (Å²) in [6.07, 6.45) is 0. The van der Waals surface area contributed by atoms with E-state index in [1.807, 2.05) is 18.2 Å². The molecule has 0 bridgehead atoms. The lowest BCUT2D eigenvalue weighted by Gasteiger charge is -2.20. The quantitative estimate of drug-likeness (QED) is 0.788. The van der Waals surface area contributed by atoms with E-state index in [0.29, 0.717) is 13.2 Å². The number of ether oxygens (including phenoxy) is 3. The van der Waals surface area contributed by atoms with Gasteiger partial charge in [-0.15, -0.1) is 0 Å². The molecular formula is C14H22O3. The standard InChI is InChI=1S/C14H22O3/c1-14(2,3)10-17-12-7-6-11(9-15-4)8-13(12)16-5/h6-8H,9-10H2,1-5H3. The normalized spacial score (nSPS) is 11.4. The van der Waals surface area contributed by atoms with Gasteiger partial charge in [-0.25, -0.2) is 0 Å². The first-order valence-electron chi connectivity index (χ1n) is 5.75. The van der Waals surface area contributed by atoms with Crippen molar-refractivity contribution in [3.63, 3.8) is 0 Å². The first-order valence-corrected chi connectivity index (χ1v) is 5.75. The van der Waals surface area contributed by atoms with Crippen molar-refractivity contribution in [2.24, 2.45) is 5.41 Å². The lowest BCUT2D eigenvalue weighted by molar-refractivity contribution is 0.182. The Morgan fingerprint density at radius 3 is 2.29 bits per heavy atom. The smallest absolute Gasteiger partial charge is 0.161 e. The Balaban J connectivity index is 2.78. The molecular weight excluding hydrogens is 216 g/mol. The van der Waals surface area contributed by atoms with Gasteiger partial charge in [0.25, 0.3) is 0 Å². The van der Waals surface area contributed by atoms with Crippen LogP contribution in [0.15, 0.2) is 18.2 Å². The van der Waals surface area contributed by atoms with E-state index in [4.69, 9.17) is 14.2 Å². The van der Waals surface area contributed by atoms with Crippen molar-refractivity contribution in [3.05, 3.63) is 23.8 Å². The van der Waals surface area contributed by atoms with Gasteiger partial charge in [-0.2, -0.15) is 0 Å². The van der Waals surface area contributed by atoms with Crippen LogP contribution in [-0.2, 0) is 11.3 Å². The molecule has 0 spiro atoms. The summed E-state index contributed by atoms with van der Waals surface area (Å²) in [4.78, 5) is 0. The van der Waals surface area contributed by atoms with Crippen molar-refractivity contribution >= 4 is 0 Å². The molecule has 1 rings (SSSR count). The van der Waals surface area contributed by atoms with E-state index in [9.17, 15) is 0 Å². The monoisotopic (exact) mass is 238 g/mol. The molecule has 0 amide bonds. The van der Waals surface area contributed by atoms with Gasteiger partial charge in [0.05, 0.1) is 20.3 Å². The van der Waals surface area contributed by atoms with Crippen molar-refractivity contribution < 1.29 is 14.2 Å². The summed E-state index contributed by atoms with van der Waals surface area (Å²) in [5.74, 6) is 1.53. The number of benzene rings is 1. The van der Waals surface area contributed by atoms with Gasteiger partial charge in [0.2, 0.25) is 0 Å². The van der Waals surface area contributed by atoms with E-state index in [1.54, 1.807) is 14.2 Å². The van der Waals surface area contributed by atoms with Gasteiger partial charge >= 0.3 is 0 Å². The van der Waals surface area contributed by atoms with Crippen LogP contribution in [0.1, 0.15) is 26.3 Å². The van der Waals surface area contributed by atoms with E-state index < -0.39 is 0 Å². The largest absolute Gasteiger partial charge is 0.493 e. The Bertz CT molecular complexity index is 353. The summed E-state index contributed by atoms with van der Waals surface area (Å²) in [5, 5.41) is 0. The fourth-order valence-corrected chi connectivity index (χ4v) is 1.38. The van der Waals surface area contributed by atoms with Crippen LogP contribution in [0.4, 0.5) is 0 Å². The fraction of sp³-hybridized carbons (Fsp3) is 0.571. The summed E-state index contributed by atoms with van der Waals surface area (Å²) in [6, 6.07) is 5.87. The summed E-state index contributed by atoms with van der Waals surface area (Å²) in [5.41, 5.74) is 1.21. The zero-order valence-electron chi connectivity index (χ0n) is 11.4. The average Bonchev–Trinajstić information content (AvgIpc) is 2.26. The van der Waals surface area contributed by atoms with Crippen LogP contribution in [0.5, 0.6) is 11.5 Å². The Labute approximate surface area is 104 Å². The number of methoxy groups -OCH3 is 2. The topological polar surface area (TPSA) is 27.7 Å². The maximum atomic E-state index is 5.76. The molecule has 3 nitrogen and oxygen atoms in total. The first-order chi connectivity index (χ1) is 7.96. The van der Waals surface area contributed by atoms with E-state index in [0.717, 1.165) is 17.1 Å². The molecule has 0 N–H and O–H groups in total. The molecule has 0 radical (unpaired) electrons. The molecule has 0 saturated carbocycles. The second-order valence-electron chi connectivity index (χ2n) is 5.27. The zero-order valence-corrected chi connectivity index (χ0v) is 11.4. The van der Waals surface area contributed by atoms with Crippen LogP contribution < -0.4 is 9.47 Å². The Hall–Kier alpha value is -1.22. The van der Waals surface area contributed by atoms with Crippen molar-refractivity contribution in [1.29, 1.82) is 0 Å². The SMILES string of the molecule is COCc1ccc(OCC(C)(C)C)c(OC)c1. The second-order valence-corrected chi connectivity index (χ2v) is 5.27. The minimum absolute atomic E-state index is 0.135. The molecule has 0 heterocycles. The lowest BCUT2D eigenvalue weighted by atomic mass is 9.99. The molecule has 3 heteroatoms. The predicted molar refractivity (Wildman–Crippen MR) is 68.7 cm³/mol. The zero-order chi connectivity index (χ0) is 12.9. The molecule has 1 aromatic carbocycles. The summed E-state index contributed by atoms with van der Waals surface area (Å²) in [6.45, 7) is 7.65. The van der Waals surface area contributed by atoms with E-state index >= 15 is 0 Å². The molecule has 0 aliphatic rings.